The van der Waals surface area contributed by atoms with Gasteiger partial charge in [0.05, 0.1) is 6.61 Å². The lowest BCUT2D eigenvalue weighted by Gasteiger charge is -2.05. The zero-order chi connectivity index (χ0) is 14.9. The summed E-state index contributed by atoms with van der Waals surface area (Å²) in [5.74, 6) is 7.04. The van der Waals surface area contributed by atoms with Crippen LogP contribution in [0.2, 0.25) is 5.15 Å². The zero-order valence-electron chi connectivity index (χ0n) is 12.1. The van der Waals surface area contributed by atoms with Crippen molar-refractivity contribution in [2.45, 2.75) is 26.2 Å². The quantitative estimate of drug-likeness (QED) is 0.453. The topological polar surface area (TPSA) is 22.1 Å². The lowest BCUT2D eigenvalue weighted by Crippen LogP contribution is -1.96. The Bertz CT molecular complexity index is 608. The van der Waals surface area contributed by atoms with E-state index in [9.17, 15) is 0 Å². The van der Waals surface area contributed by atoms with Crippen LogP contribution in [0.4, 0.5) is 0 Å². The van der Waals surface area contributed by atoms with Crippen LogP contribution >= 0.6 is 11.6 Å². The third-order valence-corrected chi connectivity index (χ3v) is 3.17. The van der Waals surface area contributed by atoms with E-state index in [0.29, 0.717) is 5.15 Å². The van der Waals surface area contributed by atoms with E-state index in [1.807, 2.05) is 30.3 Å². The highest BCUT2D eigenvalue weighted by molar-refractivity contribution is 6.29. The number of pyridine rings is 1. The van der Waals surface area contributed by atoms with E-state index in [1.54, 1.807) is 12.3 Å². The van der Waals surface area contributed by atoms with Gasteiger partial charge in [-0.05, 0) is 42.8 Å². The second-order valence-electron chi connectivity index (χ2n) is 4.70. The molecular weight excluding hydrogens is 282 g/mol. The minimum atomic E-state index is 0.477. The number of unbranched alkanes of at least 4 members (excludes halogenated alkanes) is 2. The van der Waals surface area contributed by atoms with E-state index in [4.69, 9.17) is 16.3 Å². The number of nitrogens with zero attached hydrogens (tertiary/aromatic N) is 1. The molecule has 1 heterocycles. The van der Waals surface area contributed by atoms with Crippen LogP contribution in [0.1, 0.15) is 37.3 Å². The molecule has 0 fully saturated rings. The van der Waals surface area contributed by atoms with Gasteiger partial charge in [0.2, 0.25) is 0 Å². The van der Waals surface area contributed by atoms with Crippen LogP contribution in [0.25, 0.3) is 0 Å². The molecule has 21 heavy (non-hydrogen) atoms. The van der Waals surface area contributed by atoms with Crippen LogP contribution in [-0.2, 0) is 0 Å². The van der Waals surface area contributed by atoms with E-state index < -0.39 is 0 Å². The molecule has 0 aliphatic carbocycles. The first kappa shape index (κ1) is 15.4. The van der Waals surface area contributed by atoms with Gasteiger partial charge in [-0.15, -0.1) is 0 Å². The molecular formula is C18H18ClNO. The molecule has 0 atom stereocenters. The normalized spacial score (nSPS) is 9.81. The molecule has 0 aliphatic rings. The van der Waals surface area contributed by atoms with Crippen molar-refractivity contribution in [3.05, 3.63) is 58.9 Å². The van der Waals surface area contributed by atoms with Crippen molar-refractivity contribution in [2.75, 3.05) is 6.61 Å². The molecule has 1 aromatic carbocycles. The van der Waals surface area contributed by atoms with Gasteiger partial charge in [-0.2, -0.15) is 0 Å². The van der Waals surface area contributed by atoms with Crippen LogP contribution in [0, 0.1) is 11.8 Å². The highest BCUT2D eigenvalue weighted by atomic mass is 35.5. The van der Waals surface area contributed by atoms with Crippen molar-refractivity contribution in [1.82, 2.24) is 4.98 Å². The predicted octanol–water partition coefficient (Wildman–Crippen LogP) is 4.70. The first-order valence-corrected chi connectivity index (χ1v) is 7.52. The Morgan fingerprint density at radius 2 is 1.71 bits per heavy atom. The summed E-state index contributed by atoms with van der Waals surface area (Å²) in [4.78, 5) is 4.00. The van der Waals surface area contributed by atoms with Crippen LogP contribution in [-0.4, -0.2) is 11.6 Å². The van der Waals surface area contributed by atoms with E-state index in [0.717, 1.165) is 29.9 Å². The van der Waals surface area contributed by atoms with Crippen molar-refractivity contribution in [1.29, 1.82) is 0 Å². The van der Waals surface area contributed by atoms with E-state index in [2.05, 4.69) is 23.7 Å². The fourth-order valence-electron chi connectivity index (χ4n) is 1.77. The molecule has 0 N–H and O–H groups in total. The Morgan fingerprint density at radius 3 is 2.38 bits per heavy atom. The van der Waals surface area contributed by atoms with Gasteiger partial charge >= 0.3 is 0 Å². The Labute approximate surface area is 131 Å². The predicted molar refractivity (Wildman–Crippen MR) is 86.7 cm³/mol. The number of benzene rings is 1. The average molecular weight is 300 g/mol. The summed E-state index contributed by atoms with van der Waals surface area (Å²) in [5, 5.41) is 0.477. The molecule has 0 spiro atoms. The van der Waals surface area contributed by atoms with Crippen molar-refractivity contribution in [2.24, 2.45) is 0 Å². The molecule has 0 saturated heterocycles. The van der Waals surface area contributed by atoms with Gasteiger partial charge in [-0.3, -0.25) is 0 Å². The molecule has 2 aromatic rings. The smallest absolute Gasteiger partial charge is 0.129 e. The third kappa shape index (κ3) is 5.49. The number of rotatable bonds is 5. The number of aromatic nitrogens is 1. The van der Waals surface area contributed by atoms with Crippen LogP contribution in [0.3, 0.4) is 0 Å². The number of ether oxygens (including phenoxy) is 1. The number of halogens is 1. The van der Waals surface area contributed by atoms with Crippen molar-refractivity contribution in [3.8, 4) is 17.6 Å². The van der Waals surface area contributed by atoms with Gasteiger partial charge in [-0.1, -0.05) is 43.2 Å². The van der Waals surface area contributed by atoms with Crippen LogP contribution < -0.4 is 4.74 Å². The third-order valence-electron chi connectivity index (χ3n) is 2.95. The van der Waals surface area contributed by atoms with Crippen LogP contribution in [0.15, 0.2) is 42.6 Å². The Hall–Kier alpha value is -1.98. The van der Waals surface area contributed by atoms with E-state index in [1.165, 1.54) is 12.8 Å². The monoisotopic (exact) mass is 299 g/mol. The van der Waals surface area contributed by atoms with E-state index >= 15 is 0 Å². The zero-order valence-corrected chi connectivity index (χ0v) is 12.9. The molecule has 0 unspecified atom stereocenters. The molecule has 0 radical (unpaired) electrons. The first-order chi connectivity index (χ1) is 10.3. The molecule has 108 valence electrons. The summed E-state index contributed by atoms with van der Waals surface area (Å²) in [6.07, 6.45) is 5.18. The molecule has 2 rings (SSSR count). The Balaban J connectivity index is 1.92. The number of hydrogen-bond acceptors (Lipinski definition) is 2. The molecule has 1 aromatic heterocycles. The summed E-state index contributed by atoms with van der Waals surface area (Å²) >= 11 is 5.73. The maximum Gasteiger partial charge on any atom is 0.129 e. The standard InChI is InChI=1S/C18H18ClNO/c1-2-3-4-13-21-17-10-7-15(8-11-17)5-6-16-9-12-18(19)20-14-16/h7-12,14H,2-4,13H2,1H3. The molecule has 2 nitrogen and oxygen atoms in total. The highest BCUT2D eigenvalue weighted by Gasteiger charge is 1.94. The lowest BCUT2D eigenvalue weighted by atomic mass is 10.2. The van der Waals surface area contributed by atoms with Gasteiger partial charge in [0, 0.05) is 17.3 Å². The minimum absolute atomic E-state index is 0.477. The average Bonchev–Trinajstić information content (AvgIpc) is 2.52. The maximum atomic E-state index is 5.73. The fraction of sp³-hybridized carbons (Fsp3) is 0.278. The fourth-order valence-corrected chi connectivity index (χ4v) is 1.88. The number of hydrogen-bond donors (Lipinski definition) is 0. The van der Waals surface area contributed by atoms with Gasteiger partial charge in [-0.25, -0.2) is 4.98 Å². The second kappa shape index (κ2) is 8.34. The van der Waals surface area contributed by atoms with Gasteiger partial charge < -0.3 is 4.74 Å². The molecule has 3 heteroatoms. The molecule has 0 saturated carbocycles. The Kier molecular flexibility index (Phi) is 6.12. The van der Waals surface area contributed by atoms with Gasteiger partial charge in [0.25, 0.3) is 0 Å². The largest absolute Gasteiger partial charge is 0.494 e. The minimum Gasteiger partial charge on any atom is -0.494 e. The van der Waals surface area contributed by atoms with Gasteiger partial charge in [0.15, 0.2) is 0 Å². The van der Waals surface area contributed by atoms with Crippen LogP contribution in [0.5, 0.6) is 5.75 Å². The summed E-state index contributed by atoms with van der Waals surface area (Å²) < 4.78 is 5.67. The van der Waals surface area contributed by atoms with Crippen molar-refractivity contribution >= 4 is 11.6 Å². The van der Waals surface area contributed by atoms with Crippen molar-refractivity contribution in [3.63, 3.8) is 0 Å². The first-order valence-electron chi connectivity index (χ1n) is 7.14. The molecule has 0 aliphatic heterocycles. The summed E-state index contributed by atoms with van der Waals surface area (Å²) in [6.45, 7) is 2.96. The summed E-state index contributed by atoms with van der Waals surface area (Å²) in [5.41, 5.74) is 1.80. The molecule has 0 amide bonds. The summed E-state index contributed by atoms with van der Waals surface area (Å²) in [6, 6.07) is 11.4. The highest BCUT2D eigenvalue weighted by Crippen LogP contribution is 2.12. The van der Waals surface area contributed by atoms with Crippen molar-refractivity contribution < 1.29 is 4.74 Å². The van der Waals surface area contributed by atoms with E-state index in [-0.39, 0.29) is 0 Å². The Morgan fingerprint density at radius 1 is 1.00 bits per heavy atom. The summed E-state index contributed by atoms with van der Waals surface area (Å²) in [7, 11) is 0. The van der Waals surface area contributed by atoms with Gasteiger partial charge in [0.1, 0.15) is 10.9 Å². The molecule has 0 bridgehead atoms. The maximum absolute atomic E-state index is 5.73. The lowest BCUT2D eigenvalue weighted by molar-refractivity contribution is 0.306. The SMILES string of the molecule is CCCCCOc1ccc(C#Cc2ccc(Cl)nc2)cc1. The second-order valence-corrected chi connectivity index (χ2v) is 5.09.